The van der Waals surface area contributed by atoms with Crippen LogP contribution in [-0.2, 0) is 0 Å². The van der Waals surface area contributed by atoms with Gasteiger partial charge in [0.15, 0.2) is 0 Å². The van der Waals surface area contributed by atoms with Crippen molar-refractivity contribution in [3.05, 3.63) is 23.9 Å². The number of aliphatic hydroxyl groups is 1. The number of pyridine rings is 1. The van der Waals surface area contributed by atoms with E-state index in [1.54, 1.807) is 12.1 Å². The predicted octanol–water partition coefficient (Wildman–Crippen LogP) is 0.388. The molecular weight excluding hydrogens is 218 g/mol. The van der Waals surface area contributed by atoms with E-state index in [1.807, 2.05) is 0 Å². The number of carbonyl (C=O) groups excluding carboxylic acids is 1. The highest BCUT2D eigenvalue weighted by atomic mass is 16.3. The van der Waals surface area contributed by atoms with Gasteiger partial charge in [-0.25, -0.2) is 4.98 Å². The first-order valence-corrected chi connectivity index (χ1v) is 5.77. The number of carbonyl (C=O) groups is 1. The van der Waals surface area contributed by atoms with Gasteiger partial charge in [0.05, 0.1) is 18.2 Å². The molecular formula is C12H17N3O2. The van der Waals surface area contributed by atoms with E-state index in [0.717, 1.165) is 18.8 Å². The smallest absolute Gasteiger partial charge is 0.250 e. The quantitative estimate of drug-likeness (QED) is 0.794. The lowest BCUT2D eigenvalue weighted by atomic mass is 10.0. The number of hydrogen-bond donors (Lipinski definition) is 2. The number of nitrogens with two attached hydrogens (primary N) is 1. The van der Waals surface area contributed by atoms with Crippen LogP contribution < -0.4 is 10.6 Å². The molecule has 3 N–H and O–H groups in total. The van der Waals surface area contributed by atoms with Crippen molar-refractivity contribution in [2.45, 2.75) is 19.4 Å². The van der Waals surface area contributed by atoms with Gasteiger partial charge >= 0.3 is 0 Å². The standard InChI is InChI=1S/C12H17N3O2/c1-8-4-5-15(10(8)7-16)11-3-2-9(6-14-11)12(13)17/h2-3,6,8,10,16H,4-5,7H2,1H3,(H2,13,17). The van der Waals surface area contributed by atoms with Gasteiger partial charge < -0.3 is 15.7 Å². The summed E-state index contributed by atoms with van der Waals surface area (Å²) >= 11 is 0. The van der Waals surface area contributed by atoms with E-state index in [4.69, 9.17) is 5.73 Å². The van der Waals surface area contributed by atoms with Crippen LogP contribution in [0.1, 0.15) is 23.7 Å². The molecule has 1 amide bonds. The topological polar surface area (TPSA) is 79.5 Å². The van der Waals surface area contributed by atoms with E-state index in [2.05, 4.69) is 16.8 Å². The normalized spacial score (nSPS) is 24.0. The minimum atomic E-state index is -0.474. The lowest BCUT2D eigenvalue weighted by molar-refractivity contribution is 0.1000. The summed E-state index contributed by atoms with van der Waals surface area (Å²) in [4.78, 5) is 17.2. The van der Waals surface area contributed by atoms with Crippen LogP contribution in [0.4, 0.5) is 5.82 Å². The van der Waals surface area contributed by atoms with Crippen LogP contribution in [0, 0.1) is 5.92 Å². The van der Waals surface area contributed by atoms with Gasteiger partial charge in [0, 0.05) is 12.7 Å². The molecule has 1 aliphatic rings. The second-order valence-corrected chi connectivity index (χ2v) is 4.48. The average Bonchev–Trinajstić information content (AvgIpc) is 2.70. The Bertz CT molecular complexity index is 405. The van der Waals surface area contributed by atoms with Crippen molar-refractivity contribution < 1.29 is 9.90 Å². The van der Waals surface area contributed by atoms with E-state index < -0.39 is 5.91 Å². The number of aliphatic hydroxyl groups excluding tert-OH is 1. The van der Waals surface area contributed by atoms with Crippen LogP contribution in [0.5, 0.6) is 0 Å². The van der Waals surface area contributed by atoms with Crippen LogP contribution in [0.25, 0.3) is 0 Å². The van der Waals surface area contributed by atoms with Crippen molar-refractivity contribution in [2.24, 2.45) is 11.7 Å². The zero-order valence-corrected chi connectivity index (χ0v) is 9.84. The molecule has 1 aromatic rings. The molecule has 2 heterocycles. The number of primary amides is 1. The summed E-state index contributed by atoms with van der Waals surface area (Å²) < 4.78 is 0. The van der Waals surface area contributed by atoms with Crippen LogP contribution in [0.15, 0.2) is 18.3 Å². The second-order valence-electron chi connectivity index (χ2n) is 4.48. The molecule has 0 spiro atoms. The van der Waals surface area contributed by atoms with Gasteiger partial charge in [-0.1, -0.05) is 6.92 Å². The molecule has 0 bridgehead atoms. The summed E-state index contributed by atoms with van der Waals surface area (Å²) in [5, 5.41) is 9.37. The van der Waals surface area contributed by atoms with E-state index in [-0.39, 0.29) is 12.6 Å². The molecule has 1 aliphatic heterocycles. The number of aromatic nitrogens is 1. The Balaban J connectivity index is 2.20. The summed E-state index contributed by atoms with van der Waals surface area (Å²) in [6.45, 7) is 3.13. The molecule has 2 unspecified atom stereocenters. The van der Waals surface area contributed by atoms with Crippen molar-refractivity contribution >= 4 is 11.7 Å². The average molecular weight is 235 g/mol. The first-order chi connectivity index (χ1) is 8.13. The van der Waals surface area contributed by atoms with Crippen molar-refractivity contribution in [3.8, 4) is 0 Å². The Morgan fingerprint density at radius 1 is 1.65 bits per heavy atom. The molecule has 1 saturated heterocycles. The second kappa shape index (κ2) is 4.71. The van der Waals surface area contributed by atoms with E-state index >= 15 is 0 Å². The van der Waals surface area contributed by atoms with Gasteiger partial charge in [-0.05, 0) is 24.5 Å². The fraction of sp³-hybridized carbons (Fsp3) is 0.500. The molecule has 1 aromatic heterocycles. The molecule has 0 radical (unpaired) electrons. The Morgan fingerprint density at radius 2 is 2.41 bits per heavy atom. The largest absolute Gasteiger partial charge is 0.394 e. The Morgan fingerprint density at radius 3 is 2.94 bits per heavy atom. The Labute approximate surface area is 100 Å². The molecule has 2 atom stereocenters. The summed E-state index contributed by atoms with van der Waals surface area (Å²) in [7, 11) is 0. The van der Waals surface area contributed by atoms with Crippen LogP contribution in [0.3, 0.4) is 0 Å². The van der Waals surface area contributed by atoms with E-state index in [0.29, 0.717) is 11.5 Å². The zero-order chi connectivity index (χ0) is 12.4. The van der Waals surface area contributed by atoms with Gasteiger partial charge in [-0.15, -0.1) is 0 Å². The monoisotopic (exact) mass is 235 g/mol. The maximum Gasteiger partial charge on any atom is 0.250 e. The zero-order valence-electron chi connectivity index (χ0n) is 9.84. The van der Waals surface area contributed by atoms with Gasteiger partial charge in [0.2, 0.25) is 5.91 Å². The number of anilines is 1. The number of nitrogens with zero attached hydrogens (tertiary/aromatic N) is 2. The summed E-state index contributed by atoms with van der Waals surface area (Å²) in [6, 6.07) is 3.56. The van der Waals surface area contributed by atoms with Crippen molar-refractivity contribution in [2.75, 3.05) is 18.1 Å². The summed E-state index contributed by atoms with van der Waals surface area (Å²) in [5.41, 5.74) is 5.56. The molecule has 0 aromatic carbocycles. The van der Waals surface area contributed by atoms with Gasteiger partial charge in [-0.2, -0.15) is 0 Å². The SMILES string of the molecule is CC1CCN(c2ccc(C(N)=O)cn2)C1CO. The highest BCUT2D eigenvalue weighted by Gasteiger charge is 2.31. The van der Waals surface area contributed by atoms with Crippen LogP contribution >= 0.6 is 0 Å². The van der Waals surface area contributed by atoms with Crippen molar-refractivity contribution in [1.29, 1.82) is 0 Å². The molecule has 5 heteroatoms. The highest BCUT2D eigenvalue weighted by molar-refractivity contribution is 5.92. The van der Waals surface area contributed by atoms with Crippen LogP contribution in [-0.4, -0.2) is 35.2 Å². The lowest BCUT2D eigenvalue weighted by Crippen LogP contribution is -2.35. The summed E-state index contributed by atoms with van der Waals surface area (Å²) in [6.07, 6.45) is 2.53. The third kappa shape index (κ3) is 2.24. The lowest BCUT2D eigenvalue weighted by Gasteiger charge is -2.26. The molecule has 1 fully saturated rings. The molecule has 17 heavy (non-hydrogen) atoms. The minimum absolute atomic E-state index is 0.113. The molecule has 0 saturated carbocycles. The molecule has 5 nitrogen and oxygen atoms in total. The molecule has 0 aliphatic carbocycles. The maximum absolute atomic E-state index is 10.9. The van der Waals surface area contributed by atoms with E-state index in [1.165, 1.54) is 6.20 Å². The number of rotatable bonds is 3. The first kappa shape index (κ1) is 11.9. The third-order valence-electron chi connectivity index (χ3n) is 3.40. The number of hydrogen-bond acceptors (Lipinski definition) is 4. The van der Waals surface area contributed by atoms with Crippen molar-refractivity contribution in [1.82, 2.24) is 4.98 Å². The van der Waals surface area contributed by atoms with Gasteiger partial charge in [-0.3, -0.25) is 4.79 Å². The Hall–Kier alpha value is -1.62. The fourth-order valence-corrected chi connectivity index (χ4v) is 2.27. The predicted molar refractivity (Wildman–Crippen MR) is 64.8 cm³/mol. The summed E-state index contributed by atoms with van der Waals surface area (Å²) in [5.74, 6) is 0.772. The number of amides is 1. The van der Waals surface area contributed by atoms with Crippen LogP contribution in [0.2, 0.25) is 0 Å². The van der Waals surface area contributed by atoms with Crippen molar-refractivity contribution in [3.63, 3.8) is 0 Å². The fourth-order valence-electron chi connectivity index (χ4n) is 2.27. The van der Waals surface area contributed by atoms with Gasteiger partial charge in [0.25, 0.3) is 0 Å². The maximum atomic E-state index is 10.9. The molecule has 2 rings (SSSR count). The first-order valence-electron chi connectivity index (χ1n) is 5.77. The highest BCUT2D eigenvalue weighted by Crippen LogP contribution is 2.27. The minimum Gasteiger partial charge on any atom is -0.394 e. The molecule has 92 valence electrons. The van der Waals surface area contributed by atoms with Gasteiger partial charge in [0.1, 0.15) is 5.82 Å². The third-order valence-corrected chi connectivity index (χ3v) is 3.40. The van der Waals surface area contributed by atoms with E-state index in [9.17, 15) is 9.90 Å². The Kier molecular flexibility index (Phi) is 3.28.